The van der Waals surface area contributed by atoms with Gasteiger partial charge in [0.25, 0.3) is 0 Å². The van der Waals surface area contributed by atoms with E-state index in [2.05, 4.69) is 9.97 Å². The Balaban J connectivity index is 1.37. The second kappa shape index (κ2) is 11.4. The van der Waals surface area contributed by atoms with Gasteiger partial charge in [0.1, 0.15) is 5.82 Å². The second-order valence-electron chi connectivity index (χ2n) is 11.5. The van der Waals surface area contributed by atoms with Crippen LogP contribution in [0.15, 0.2) is 30.5 Å². The lowest BCUT2D eigenvalue weighted by Crippen LogP contribution is -2.41. The van der Waals surface area contributed by atoms with E-state index in [4.69, 9.17) is 5.73 Å². The number of nitrogens with two attached hydrogens (primary N) is 1. The maximum absolute atomic E-state index is 13.9. The number of sulfonamides is 1. The van der Waals surface area contributed by atoms with E-state index < -0.39 is 16.0 Å². The standard InChI is InChI=1S/C28H39N5O5S/c1-39(37,38)32-11-9-19(10-12-32)23-14-25(33(17-23)27(34)20-7-5-18(15-29)6-8-20)26-30-16-24(31-26)21-3-2-4-22(13-21)28(35)36/h2-4,13,16,18-20,23,25H,5-12,14-15,17,29H2,1H3,(H,30,31)(H,35,36)/t18?,20?,23-,25-/m0/s1. The van der Waals surface area contributed by atoms with Crippen LogP contribution in [0.25, 0.3) is 11.3 Å². The van der Waals surface area contributed by atoms with Crippen LogP contribution in [0.1, 0.15) is 67.2 Å². The van der Waals surface area contributed by atoms with Gasteiger partial charge in [0.15, 0.2) is 0 Å². The molecule has 1 saturated carbocycles. The van der Waals surface area contributed by atoms with E-state index in [0.717, 1.165) is 50.5 Å². The molecule has 0 radical (unpaired) electrons. The zero-order chi connectivity index (χ0) is 27.7. The zero-order valence-corrected chi connectivity index (χ0v) is 23.3. The molecule has 0 bridgehead atoms. The van der Waals surface area contributed by atoms with Crippen molar-refractivity contribution in [2.45, 2.75) is 51.0 Å². The van der Waals surface area contributed by atoms with Crippen molar-refractivity contribution in [3.05, 3.63) is 41.9 Å². The van der Waals surface area contributed by atoms with Crippen LogP contribution < -0.4 is 5.73 Å². The molecule has 2 aliphatic heterocycles. The van der Waals surface area contributed by atoms with Crippen molar-refractivity contribution in [2.75, 3.05) is 32.4 Å². The van der Waals surface area contributed by atoms with E-state index in [1.807, 2.05) is 11.0 Å². The van der Waals surface area contributed by atoms with Gasteiger partial charge in [0.05, 0.1) is 29.8 Å². The largest absolute Gasteiger partial charge is 0.478 e. The summed E-state index contributed by atoms with van der Waals surface area (Å²) in [5.41, 5.74) is 7.53. The molecule has 0 spiro atoms. The Morgan fingerprint density at radius 2 is 1.82 bits per heavy atom. The van der Waals surface area contributed by atoms with Gasteiger partial charge in [-0.05, 0) is 81.4 Å². The van der Waals surface area contributed by atoms with Crippen molar-refractivity contribution in [1.82, 2.24) is 19.2 Å². The van der Waals surface area contributed by atoms with Crippen molar-refractivity contribution >= 4 is 21.9 Å². The van der Waals surface area contributed by atoms with Gasteiger partial charge in [0, 0.05) is 31.1 Å². The highest BCUT2D eigenvalue weighted by Crippen LogP contribution is 2.43. The Morgan fingerprint density at radius 1 is 1.10 bits per heavy atom. The minimum atomic E-state index is -3.20. The number of carbonyl (C=O) groups excluding carboxylic acids is 1. The quantitative estimate of drug-likeness (QED) is 0.473. The zero-order valence-electron chi connectivity index (χ0n) is 22.5. The van der Waals surface area contributed by atoms with Gasteiger partial charge >= 0.3 is 5.97 Å². The molecule has 1 aliphatic carbocycles. The number of aromatic carboxylic acids is 1. The van der Waals surface area contributed by atoms with Crippen LogP contribution in [0.4, 0.5) is 0 Å². The number of nitrogens with one attached hydrogen (secondary N) is 1. The van der Waals surface area contributed by atoms with Crippen molar-refractivity contribution < 1.29 is 23.1 Å². The molecule has 3 fully saturated rings. The van der Waals surface area contributed by atoms with Crippen LogP contribution in [0.3, 0.4) is 0 Å². The molecule has 2 aromatic rings. The molecule has 2 atom stereocenters. The molecule has 3 heterocycles. The number of carboxylic acids is 1. The number of imidazole rings is 1. The maximum Gasteiger partial charge on any atom is 0.335 e. The fraction of sp³-hybridized carbons (Fsp3) is 0.607. The molecule has 1 aromatic heterocycles. The van der Waals surface area contributed by atoms with Gasteiger partial charge in [-0.3, -0.25) is 4.79 Å². The number of aromatic amines is 1. The molecule has 1 aromatic carbocycles. The first-order valence-corrected chi connectivity index (χ1v) is 15.8. The van der Waals surface area contributed by atoms with E-state index in [9.17, 15) is 23.1 Å². The first-order chi connectivity index (χ1) is 18.6. The van der Waals surface area contributed by atoms with Gasteiger partial charge in [-0.1, -0.05) is 12.1 Å². The Kier molecular flexibility index (Phi) is 8.11. The fourth-order valence-electron chi connectivity index (χ4n) is 6.74. The SMILES string of the molecule is CS(=O)(=O)N1CCC([C@H]2C[C@@H](c3ncc(-c4cccc(C(=O)O)c4)[nH]3)N(C(=O)C3CCC(CN)CC3)C2)CC1. The van der Waals surface area contributed by atoms with Crippen LogP contribution in [0, 0.1) is 23.7 Å². The average Bonchev–Trinajstić information content (AvgIpc) is 3.60. The number of amides is 1. The summed E-state index contributed by atoms with van der Waals surface area (Å²) in [6.07, 6.45) is 8.99. The van der Waals surface area contributed by atoms with Crippen LogP contribution >= 0.6 is 0 Å². The van der Waals surface area contributed by atoms with Gasteiger partial charge in [-0.25, -0.2) is 22.5 Å². The summed E-state index contributed by atoms with van der Waals surface area (Å²) in [6, 6.07) is 6.53. The number of piperidine rings is 1. The molecule has 212 valence electrons. The maximum atomic E-state index is 13.9. The molecular formula is C28H39N5O5S. The number of nitrogens with zero attached hydrogens (tertiary/aromatic N) is 3. The Labute approximate surface area is 230 Å². The summed E-state index contributed by atoms with van der Waals surface area (Å²) in [5.74, 6) is 0.998. The molecule has 39 heavy (non-hydrogen) atoms. The molecule has 2 saturated heterocycles. The number of benzene rings is 1. The minimum Gasteiger partial charge on any atom is -0.478 e. The van der Waals surface area contributed by atoms with Gasteiger partial charge in [0.2, 0.25) is 15.9 Å². The number of carboxylic acid groups (broad SMARTS) is 1. The van der Waals surface area contributed by atoms with Crippen molar-refractivity contribution in [3.8, 4) is 11.3 Å². The third-order valence-corrected chi connectivity index (χ3v) is 10.4. The number of aromatic nitrogens is 2. The molecule has 11 heteroatoms. The number of carbonyl (C=O) groups is 2. The predicted octanol–water partition coefficient (Wildman–Crippen LogP) is 3.10. The predicted molar refractivity (Wildman–Crippen MR) is 147 cm³/mol. The first-order valence-electron chi connectivity index (χ1n) is 14.0. The normalized spacial score (nSPS) is 27.1. The molecule has 3 aliphatic rings. The minimum absolute atomic E-state index is 0.0113. The van der Waals surface area contributed by atoms with E-state index in [1.165, 1.54) is 6.26 Å². The average molecular weight is 558 g/mol. The van der Waals surface area contributed by atoms with Crippen LogP contribution in [0.5, 0.6) is 0 Å². The van der Waals surface area contributed by atoms with E-state index >= 15 is 0 Å². The third kappa shape index (κ3) is 6.05. The highest BCUT2D eigenvalue weighted by atomic mass is 32.2. The Bertz CT molecular complexity index is 1290. The smallest absolute Gasteiger partial charge is 0.335 e. The van der Waals surface area contributed by atoms with Gasteiger partial charge in [-0.15, -0.1) is 0 Å². The number of hydrogen-bond acceptors (Lipinski definition) is 6. The van der Waals surface area contributed by atoms with Crippen molar-refractivity contribution in [1.29, 1.82) is 0 Å². The molecule has 0 unspecified atom stereocenters. The van der Waals surface area contributed by atoms with E-state index in [1.54, 1.807) is 28.7 Å². The fourth-order valence-corrected chi connectivity index (χ4v) is 7.62. The lowest BCUT2D eigenvalue weighted by atomic mass is 9.81. The van der Waals surface area contributed by atoms with Crippen LogP contribution in [0.2, 0.25) is 0 Å². The highest BCUT2D eigenvalue weighted by Gasteiger charge is 2.44. The first kappa shape index (κ1) is 27.8. The summed E-state index contributed by atoms with van der Waals surface area (Å²) in [7, 11) is -3.20. The Hall–Kier alpha value is -2.76. The number of likely N-dealkylation sites (tertiary alicyclic amines) is 1. The number of H-pyrrole nitrogens is 1. The lowest BCUT2D eigenvalue weighted by molar-refractivity contribution is -0.138. The highest BCUT2D eigenvalue weighted by molar-refractivity contribution is 7.88. The summed E-state index contributed by atoms with van der Waals surface area (Å²) in [5, 5.41) is 9.39. The van der Waals surface area contributed by atoms with E-state index in [-0.39, 0.29) is 29.3 Å². The van der Waals surface area contributed by atoms with E-state index in [0.29, 0.717) is 49.5 Å². The van der Waals surface area contributed by atoms with Gasteiger partial charge in [-0.2, -0.15) is 0 Å². The van der Waals surface area contributed by atoms with Gasteiger partial charge < -0.3 is 20.7 Å². The topological polar surface area (TPSA) is 150 Å². The number of hydrogen-bond donors (Lipinski definition) is 3. The summed E-state index contributed by atoms with van der Waals surface area (Å²) < 4.78 is 25.6. The van der Waals surface area contributed by atoms with Crippen molar-refractivity contribution in [2.24, 2.45) is 29.4 Å². The summed E-state index contributed by atoms with van der Waals surface area (Å²) in [6.45, 7) is 2.35. The second-order valence-corrected chi connectivity index (χ2v) is 13.5. The summed E-state index contributed by atoms with van der Waals surface area (Å²) >= 11 is 0. The summed E-state index contributed by atoms with van der Waals surface area (Å²) in [4.78, 5) is 35.4. The molecule has 1 amide bonds. The lowest BCUT2D eigenvalue weighted by Gasteiger charge is -2.34. The van der Waals surface area contributed by atoms with Crippen molar-refractivity contribution in [3.63, 3.8) is 0 Å². The molecular weight excluding hydrogens is 518 g/mol. The molecule has 5 rings (SSSR count). The van der Waals surface area contributed by atoms with Crippen LogP contribution in [-0.4, -0.2) is 77.0 Å². The monoisotopic (exact) mass is 557 g/mol. The Morgan fingerprint density at radius 3 is 2.46 bits per heavy atom. The number of rotatable bonds is 7. The van der Waals surface area contributed by atoms with Crippen LogP contribution in [-0.2, 0) is 14.8 Å². The molecule has 4 N–H and O–H groups in total. The third-order valence-electron chi connectivity index (χ3n) is 9.11. The molecule has 10 nitrogen and oxygen atoms in total.